The molecule has 2 atom stereocenters. The molecule has 1 amide bonds. The molecule has 4 heterocycles. The van der Waals surface area contributed by atoms with Crippen LogP contribution >= 0.6 is 0 Å². The summed E-state index contributed by atoms with van der Waals surface area (Å²) in [6.07, 6.45) is 4.14. The Balaban J connectivity index is 1.57. The maximum Gasteiger partial charge on any atom is 0.274 e. The molecule has 2 aliphatic rings. The van der Waals surface area contributed by atoms with Crippen LogP contribution in [0.25, 0.3) is 5.65 Å². The highest BCUT2D eigenvalue weighted by molar-refractivity contribution is 7.88. The summed E-state index contributed by atoms with van der Waals surface area (Å²) in [5.41, 5.74) is 2.01. The number of hydrogen-bond donors (Lipinski definition) is 0. The van der Waals surface area contributed by atoms with Crippen LogP contribution in [0, 0.1) is 6.92 Å². The number of morpholine rings is 1. The van der Waals surface area contributed by atoms with Gasteiger partial charge in [-0.3, -0.25) is 4.79 Å². The van der Waals surface area contributed by atoms with Crippen molar-refractivity contribution in [2.24, 2.45) is 0 Å². The lowest BCUT2D eigenvalue weighted by atomic mass is 10.0. The maximum atomic E-state index is 13.1. The monoisotopic (exact) mass is 392 g/mol. The van der Waals surface area contributed by atoms with Gasteiger partial charge in [0.25, 0.3) is 5.91 Å². The van der Waals surface area contributed by atoms with Gasteiger partial charge < -0.3 is 14.0 Å². The van der Waals surface area contributed by atoms with E-state index in [-0.39, 0.29) is 18.1 Å². The second-order valence-electron chi connectivity index (χ2n) is 7.19. The summed E-state index contributed by atoms with van der Waals surface area (Å²) in [7, 11) is -3.29. The van der Waals surface area contributed by atoms with E-state index >= 15 is 0 Å². The summed E-state index contributed by atoms with van der Waals surface area (Å²) in [4.78, 5) is 19.4. The van der Waals surface area contributed by atoms with Crippen molar-refractivity contribution in [3.05, 3.63) is 35.8 Å². The fourth-order valence-corrected chi connectivity index (χ4v) is 5.27. The number of fused-ring (bicyclic) bond motifs is 2. The number of pyridine rings is 1. The summed E-state index contributed by atoms with van der Waals surface area (Å²) < 4.78 is 33.5. The zero-order valence-electron chi connectivity index (χ0n) is 15.5. The molecular weight excluding hydrogens is 368 g/mol. The first-order chi connectivity index (χ1) is 12.9. The first-order valence-electron chi connectivity index (χ1n) is 9.17. The average Bonchev–Trinajstić information content (AvgIpc) is 2.83. The number of aryl methyl sites for hydroxylation is 1. The fourth-order valence-electron chi connectivity index (χ4n) is 4.13. The Labute approximate surface area is 158 Å². The van der Waals surface area contributed by atoms with Crippen LogP contribution in [0.4, 0.5) is 0 Å². The minimum Gasteiger partial charge on any atom is -0.375 e. The maximum absolute atomic E-state index is 13.1. The average molecular weight is 392 g/mol. The van der Waals surface area contributed by atoms with Crippen molar-refractivity contribution < 1.29 is 17.9 Å². The van der Waals surface area contributed by atoms with Crippen LogP contribution in [0.2, 0.25) is 0 Å². The predicted octanol–water partition coefficient (Wildman–Crippen LogP) is 0.908. The second kappa shape index (κ2) is 6.88. The first kappa shape index (κ1) is 18.4. The molecule has 2 saturated heterocycles. The molecule has 0 spiro atoms. The molecule has 0 aromatic carbocycles. The molecule has 0 radical (unpaired) electrons. The summed E-state index contributed by atoms with van der Waals surface area (Å²) >= 11 is 0. The molecule has 0 saturated carbocycles. The van der Waals surface area contributed by atoms with Gasteiger partial charge in [0, 0.05) is 25.8 Å². The van der Waals surface area contributed by atoms with Gasteiger partial charge in [0.15, 0.2) is 0 Å². The van der Waals surface area contributed by atoms with E-state index in [2.05, 4.69) is 4.98 Å². The molecule has 4 rings (SSSR count). The number of aromatic nitrogens is 2. The Morgan fingerprint density at radius 2 is 2.00 bits per heavy atom. The first-order valence-corrected chi connectivity index (χ1v) is 11.0. The minimum absolute atomic E-state index is 0.110. The standard InChI is InChI=1S/C18H24N4O4S/c1-13-17(19-16-5-3-4-8-21(13)16)18(23)20-9-6-14-15(7-10-20)26-12-11-22(14)27(2,24)25/h3-5,8,14-15H,6-7,9-12H2,1-2H3/t14-,15-/m1/s1. The number of imidazole rings is 1. The van der Waals surface area contributed by atoms with E-state index in [4.69, 9.17) is 4.74 Å². The van der Waals surface area contributed by atoms with Crippen molar-refractivity contribution in [1.29, 1.82) is 0 Å². The van der Waals surface area contributed by atoms with Crippen LogP contribution in [0.5, 0.6) is 0 Å². The van der Waals surface area contributed by atoms with Crippen LogP contribution in [-0.4, -0.2) is 77.6 Å². The molecule has 0 N–H and O–H groups in total. The Kier molecular flexibility index (Phi) is 4.69. The summed E-state index contributed by atoms with van der Waals surface area (Å²) in [5.74, 6) is -0.110. The van der Waals surface area contributed by atoms with Gasteiger partial charge in [-0.25, -0.2) is 13.4 Å². The lowest BCUT2D eigenvalue weighted by Crippen LogP contribution is -2.53. The second-order valence-corrected chi connectivity index (χ2v) is 9.13. The molecule has 2 aromatic rings. The van der Waals surface area contributed by atoms with Gasteiger partial charge in [-0.05, 0) is 31.9 Å². The Morgan fingerprint density at radius 3 is 2.74 bits per heavy atom. The lowest BCUT2D eigenvalue weighted by molar-refractivity contribution is -0.0406. The number of carbonyl (C=O) groups is 1. The molecule has 0 unspecified atom stereocenters. The van der Waals surface area contributed by atoms with Gasteiger partial charge in [-0.1, -0.05) is 6.07 Å². The molecule has 9 heteroatoms. The van der Waals surface area contributed by atoms with Crippen LogP contribution in [-0.2, 0) is 14.8 Å². The summed E-state index contributed by atoms with van der Waals surface area (Å²) in [6.45, 7) is 3.68. The topological polar surface area (TPSA) is 84.2 Å². The van der Waals surface area contributed by atoms with E-state index in [0.29, 0.717) is 44.8 Å². The molecule has 0 bridgehead atoms. The zero-order valence-corrected chi connectivity index (χ0v) is 16.4. The van der Waals surface area contributed by atoms with Gasteiger partial charge in [0.05, 0.1) is 30.7 Å². The van der Waals surface area contributed by atoms with E-state index in [1.165, 1.54) is 10.6 Å². The van der Waals surface area contributed by atoms with Crippen molar-refractivity contribution >= 4 is 21.6 Å². The number of nitrogens with zero attached hydrogens (tertiary/aromatic N) is 4. The van der Waals surface area contributed by atoms with Crippen molar-refractivity contribution in [1.82, 2.24) is 18.6 Å². The fraction of sp³-hybridized carbons (Fsp3) is 0.556. The molecule has 146 valence electrons. The van der Waals surface area contributed by atoms with Gasteiger partial charge in [0.2, 0.25) is 10.0 Å². The number of rotatable bonds is 2. The molecule has 2 aromatic heterocycles. The Morgan fingerprint density at radius 1 is 1.22 bits per heavy atom. The number of amides is 1. The summed E-state index contributed by atoms with van der Waals surface area (Å²) in [6, 6.07) is 5.46. The van der Waals surface area contributed by atoms with Crippen molar-refractivity contribution in [2.45, 2.75) is 31.9 Å². The Hall–Kier alpha value is -1.97. The van der Waals surface area contributed by atoms with Crippen LogP contribution in [0.15, 0.2) is 24.4 Å². The smallest absolute Gasteiger partial charge is 0.274 e. The van der Waals surface area contributed by atoms with E-state index in [9.17, 15) is 13.2 Å². The quantitative estimate of drug-likeness (QED) is 0.758. The van der Waals surface area contributed by atoms with E-state index in [0.717, 1.165) is 11.3 Å². The third-order valence-electron chi connectivity index (χ3n) is 5.51. The SMILES string of the molecule is Cc1c(C(=O)N2CC[C@@H]3[C@@H](CC2)OCCN3S(C)(=O)=O)nc2ccccn12. The predicted molar refractivity (Wildman–Crippen MR) is 100 cm³/mol. The van der Waals surface area contributed by atoms with E-state index in [1.54, 1.807) is 4.90 Å². The van der Waals surface area contributed by atoms with Crippen molar-refractivity contribution in [3.63, 3.8) is 0 Å². The van der Waals surface area contributed by atoms with E-state index in [1.807, 2.05) is 35.7 Å². The molecular formula is C18H24N4O4S. The third-order valence-corrected chi connectivity index (χ3v) is 6.81. The molecule has 2 aliphatic heterocycles. The van der Waals surface area contributed by atoms with Gasteiger partial charge >= 0.3 is 0 Å². The molecule has 27 heavy (non-hydrogen) atoms. The van der Waals surface area contributed by atoms with Gasteiger partial charge in [-0.2, -0.15) is 4.31 Å². The number of hydrogen-bond acceptors (Lipinski definition) is 5. The molecule has 2 fully saturated rings. The van der Waals surface area contributed by atoms with Crippen molar-refractivity contribution in [2.75, 3.05) is 32.5 Å². The number of ether oxygens (including phenoxy) is 1. The van der Waals surface area contributed by atoms with Gasteiger partial charge in [0.1, 0.15) is 11.3 Å². The molecule has 0 aliphatic carbocycles. The normalized spacial score (nSPS) is 24.6. The highest BCUT2D eigenvalue weighted by Crippen LogP contribution is 2.26. The highest BCUT2D eigenvalue weighted by atomic mass is 32.2. The van der Waals surface area contributed by atoms with E-state index < -0.39 is 10.0 Å². The van der Waals surface area contributed by atoms with Crippen LogP contribution in [0.1, 0.15) is 29.0 Å². The third kappa shape index (κ3) is 3.35. The highest BCUT2D eigenvalue weighted by Gasteiger charge is 2.39. The minimum atomic E-state index is -3.29. The Bertz CT molecular complexity index is 971. The van der Waals surface area contributed by atoms with Crippen LogP contribution in [0.3, 0.4) is 0 Å². The number of sulfonamides is 1. The van der Waals surface area contributed by atoms with Crippen molar-refractivity contribution in [3.8, 4) is 0 Å². The lowest BCUT2D eigenvalue weighted by Gasteiger charge is -2.38. The van der Waals surface area contributed by atoms with Crippen LogP contribution < -0.4 is 0 Å². The van der Waals surface area contributed by atoms with Gasteiger partial charge in [-0.15, -0.1) is 0 Å². The number of likely N-dealkylation sites (tertiary alicyclic amines) is 1. The number of carbonyl (C=O) groups excluding carboxylic acids is 1. The molecule has 8 nitrogen and oxygen atoms in total. The zero-order chi connectivity index (χ0) is 19.2. The summed E-state index contributed by atoms with van der Waals surface area (Å²) in [5, 5.41) is 0. The largest absolute Gasteiger partial charge is 0.375 e.